The van der Waals surface area contributed by atoms with Crippen molar-refractivity contribution in [2.24, 2.45) is 0 Å². The van der Waals surface area contributed by atoms with Gasteiger partial charge >= 0.3 is 0 Å². The Morgan fingerprint density at radius 3 is 2.64 bits per heavy atom. The number of rotatable bonds is 8. The van der Waals surface area contributed by atoms with E-state index >= 15 is 0 Å². The molecular weight excluding hydrogens is 340 g/mol. The second-order valence-electron chi connectivity index (χ2n) is 6.08. The summed E-state index contributed by atoms with van der Waals surface area (Å²) >= 11 is 6.23. The smallest absolute Gasteiger partial charge is 0.254 e. The molecule has 1 aromatic heterocycles. The number of aromatic nitrogens is 2. The first-order valence-electron chi connectivity index (χ1n) is 8.27. The summed E-state index contributed by atoms with van der Waals surface area (Å²) < 4.78 is 5.43. The Kier molecular flexibility index (Phi) is 6.84. The fraction of sp³-hybridized carbons (Fsp3) is 0.444. The molecule has 0 spiro atoms. The van der Waals surface area contributed by atoms with Gasteiger partial charge in [0, 0.05) is 24.3 Å². The molecule has 0 radical (unpaired) electrons. The third-order valence-corrected chi connectivity index (χ3v) is 4.15. The largest absolute Gasteiger partial charge is 0.492 e. The molecule has 0 unspecified atom stereocenters. The summed E-state index contributed by atoms with van der Waals surface area (Å²) in [4.78, 5) is 24.2. The van der Waals surface area contributed by atoms with Crippen molar-refractivity contribution in [1.82, 2.24) is 19.8 Å². The molecule has 2 rings (SSSR count). The van der Waals surface area contributed by atoms with E-state index in [9.17, 15) is 4.79 Å². The van der Waals surface area contributed by atoms with Crippen LogP contribution in [0.2, 0.25) is 5.02 Å². The van der Waals surface area contributed by atoms with Gasteiger partial charge in [-0.3, -0.25) is 4.79 Å². The Morgan fingerprint density at radius 2 is 2.08 bits per heavy atom. The average molecular weight is 365 g/mol. The number of ether oxygens (including phenoxy) is 1. The van der Waals surface area contributed by atoms with Crippen molar-refractivity contribution in [2.75, 3.05) is 33.8 Å². The molecule has 7 heteroatoms. The number of H-pyrrole nitrogens is 1. The van der Waals surface area contributed by atoms with E-state index in [1.165, 1.54) is 0 Å². The zero-order valence-electron chi connectivity index (χ0n) is 15.2. The molecular formula is C18H25ClN4O2. The first kappa shape index (κ1) is 19.3. The van der Waals surface area contributed by atoms with Crippen LogP contribution in [0.4, 0.5) is 0 Å². The van der Waals surface area contributed by atoms with E-state index in [0.29, 0.717) is 36.0 Å². The van der Waals surface area contributed by atoms with E-state index in [4.69, 9.17) is 16.3 Å². The SMILES string of the molecule is CCOc1ccc(C(=O)N(CCN(C)C)Cc2nc[nH]c2C)cc1Cl. The summed E-state index contributed by atoms with van der Waals surface area (Å²) in [5.41, 5.74) is 2.37. The lowest BCUT2D eigenvalue weighted by atomic mass is 10.1. The normalized spacial score (nSPS) is 11.0. The molecule has 0 saturated carbocycles. The monoisotopic (exact) mass is 364 g/mol. The molecule has 25 heavy (non-hydrogen) atoms. The quantitative estimate of drug-likeness (QED) is 0.782. The van der Waals surface area contributed by atoms with Crippen LogP contribution in [0.25, 0.3) is 0 Å². The maximum atomic E-state index is 13.0. The Bertz CT molecular complexity index is 715. The summed E-state index contributed by atoms with van der Waals surface area (Å²) in [6.45, 7) is 6.19. The summed E-state index contributed by atoms with van der Waals surface area (Å²) in [6, 6.07) is 5.15. The van der Waals surface area contributed by atoms with Gasteiger partial charge < -0.3 is 19.5 Å². The molecule has 6 nitrogen and oxygen atoms in total. The predicted molar refractivity (Wildman–Crippen MR) is 99.2 cm³/mol. The van der Waals surface area contributed by atoms with Crippen molar-refractivity contribution in [3.63, 3.8) is 0 Å². The summed E-state index contributed by atoms with van der Waals surface area (Å²) in [7, 11) is 3.96. The van der Waals surface area contributed by atoms with Crippen LogP contribution in [-0.4, -0.2) is 59.5 Å². The molecule has 0 saturated heterocycles. The number of aryl methyl sites for hydroxylation is 1. The number of hydrogen-bond acceptors (Lipinski definition) is 4. The minimum Gasteiger partial charge on any atom is -0.492 e. The van der Waals surface area contributed by atoms with Gasteiger partial charge in [-0.1, -0.05) is 11.6 Å². The van der Waals surface area contributed by atoms with Crippen molar-refractivity contribution in [1.29, 1.82) is 0 Å². The second kappa shape index (κ2) is 8.87. The Labute approximate surface area is 153 Å². The van der Waals surface area contributed by atoms with Gasteiger partial charge in [-0.25, -0.2) is 4.98 Å². The molecule has 1 amide bonds. The lowest BCUT2D eigenvalue weighted by molar-refractivity contribution is 0.0729. The standard InChI is InChI=1S/C18H25ClN4O2/c1-5-25-17-7-6-14(10-15(17)19)18(24)23(9-8-22(3)4)11-16-13(2)20-12-21-16/h6-7,10,12H,5,8-9,11H2,1-4H3,(H,20,21). The van der Waals surface area contributed by atoms with Gasteiger partial charge in [0.1, 0.15) is 5.75 Å². The number of imidazole rings is 1. The molecule has 0 aliphatic carbocycles. The highest BCUT2D eigenvalue weighted by molar-refractivity contribution is 6.32. The number of aromatic amines is 1. The molecule has 0 aliphatic rings. The average Bonchev–Trinajstić information content (AvgIpc) is 2.97. The number of likely N-dealkylation sites (N-methyl/N-ethyl adjacent to an activating group) is 1. The van der Waals surface area contributed by atoms with Crippen molar-refractivity contribution in [2.45, 2.75) is 20.4 Å². The Morgan fingerprint density at radius 1 is 1.32 bits per heavy atom. The second-order valence-corrected chi connectivity index (χ2v) is 6.49. The molecule has 0 fully saturated rings. The predicted octanol–water partition coefficient (Wildman–Crippen LogP) is 2.97. The van der Waals surface area contributed by atoms with Gasteiger partial charge in [-0.05, 0) is 46.1 Å². The molecule has 2 aromatic rings. The number of halogens is 1. The van der Waals surface area contributed by atoms with Gasteiger partial charge in [0.15, 0.2) is 0 Å². The number of carbonyl (C=O) groups is 1. The van der Waals surface area contributed by atoms with Crippen LogP contribution in [0.5, 0.6) is 5.75 Å². The van der Waals surface area contributed by atoms with E-state index in [1.807, 2.05) is 32.8 Å². The molecule has 0 atom stereocenters. The molecule has 0 bridgehead atoms. The highest BCUT2D eigenvalue weighted by atomic mass is 35.5. The van der Waals surface area contributed by atoms with E-state index in [-0.39, 0.29) is 5.91 Å². The Hall–Kier alpha value is -2.05. The van der Waals surface area contributed by atoms with E-state index < -0.39 is 0 Å². The van der Waals surface area contributed by atoms with Crippen molar-refractivity contribution in [3.05, 3.63) is 46.5 Å². The van der Waals surface area contributed by atoms with Gasteiger partial charge in [0.2, 0.25) is 0 Å². The minimum atomic E-state index is -0.0748. The van der Waals surface area contributed by atoms with Crippen molar-refractivity contribution < 1.29 is 9.53 Å². The van der Waals surface area contributed by atoms with E-state index in [2.05, 4.69) is 9.97 Å². The first-order chi connectivity index (χ1) is 11.9. The van der Waals surface area contributed by atoms with Crippen LogP contribution in [0.15, 0.2) is 24.5 Å². The lowest BCUT2D eigenvalue weighted by Gasteiger charge is -2.24. The summed E-state index contributed by atoms with van der Waals surface area (Å²) in [6.07, 6.45) is 1.65. The highest BCUT2D eigenvalue weighted by Crippen LogP contribution is 2.26. The topological polar surface area (TPSA) is 61.5 Å². The lowest BCUT2D eigenvalue weighted by Crippen LogP contribution is -2.36. The highest BCUT2D eigenvalue weighted by Gasteiger charge is 2.19. The molecule has 1 N–H and O–H groups in total. The maximum Gasteiger partial charge on any atom is 0.254 e. The zero-order valence-corrected chi connectivity index (χ0v) is 15.9. The van der Waals surface area contributed by atoms with Gasteiger partial charge in [0.05, 0.1) is 30.2 Å². The number of amides is 1. The van der Waals surface area contributed by atoms with E-state index in [0.717, 1.165) is 17.9 Å². The summed E-state index contributed by atoms with van der Waals surface area (Å²) in [5, 5.41) is 0.441. The molecule has 0 aliphatic heterocycles. The number of carbonyl (C=O) groups excluding carboxylic acids is 1. The van der Waals surface area contributed by atoms with Crippen LogP contribution >= 0.6 is 11.6 Å². The minimum absolute atomic E-state index is 0.0748. The van der Waals surface area contributed by atoms with Gasteiger partial charge in [0.25, 0.3) is 5.91 Å². The number of nitrogens with one attached hydrogen (secondary N) is 1. The van der Waals surface area contributed by atoms with Crippen LogP contribution < -0.4 is 4.74 Å². The molecule has 1 heterocycles. The third kappa shape index (κ3) is 5.21. The van der Waals surface area contributed by atoms with Crippen LogP contribution in [-0.2, 0) is 6.54 Å². The summed E-state index contributed by atoms with van der Waals surface area (Å²) in [5.74, 6) is 0.512. The third-order valence-electron chi connectivity index (χ3n) is 3.86. The van der Waals surface area contributed by atoms with Crippen LogP contribution in [0.1, 0.15) is 28.7 Å². The maximum absolute atomic E-state index is 13.0. The first-order valence-corrected chi connectivity index (χ1v) is 8.65. The van der Waals surface area contributed by atoms with Gasteiger partial charge in [-0.2, -0.15) is 0 Å². The fourth-order valence-corrected chi connectivity index (χ4v) is 2.62. The van der Waals surface area contributed by atoms with Crippen LogP contribution in [0.3, 0.4) is 0 Å². The van der Waals surface area contributed by atoms with E-state index in [1.54, 1.807) is 29.4 Å². The zero-order chi connectivity index (χ0) is 18.4. The van der Waals surface area contributed by atoms with Crippen LogP contribution in [0, 0.1) is 6.92 Å². The Balaban J connectivity index is 2.21. The number of benzene rings is 1. The van der Waals surface area contributed by atoms with Crippen molar-refractivity contribution in [3.8, 4) is 5.75 Å². The molecule has 136 valence electrons. The van der Waals surface area contributed by atoms with Gasteiger partial charge in [-0.15, -0.1) is 0 Å². The number of hydrogen-bond donors (Lipinski definition) is 1. The molecule has 1 aromatic carbocycles. The number of nitrogens with zero attached hydrogens (tertiary/aromatic N) is 3. The fourth-order valence-electron chi connectivity index (χ4n) is 2.39. The van der Waals surface area contributed by atoms with Crippen molar-refractivity contribution >= 4 is 17.5 Å².